The zero-order valence-electron chi connectivity index (χ0n) is 22.0. The molecule has 0 bridgehead atoms. The van der Waals surface area contributed by atoms with Gasteiger partial charge in [0, 0.05) is 10.5 Å². The van der Waals surface area contributed by atoms with Crippen molar-refractivity contribution in [2.75, 3.05) is 6.61 Å². The fourth-order valence-electron chi connectivity index (χ4n) is 3.64. The van der Waals surface area contributed by atoms with Crippen LogP contribution < -0.4 is 9.47 Å². The highest BCUT2D eigenvalue weighted by molar-refractivity contribution is 8.14. The lowest BCUT2D eigenvalue weighted by Gasteiger charge is -2.13. The van der Waals surface area contributed by atoms with Crippen molar-refractivity contribution in [2.45, 2.75) is 96.0 Å². The van der Waals surface area contributed by atoms with Gasteiger partial charge in [0.05, 0.1) is 6.61 Å². The fraction of sp³-hybridized carbons (Fsp3) is 0.533. The van der Waals surface area contributed by atoms with E-state index in [-0.39, 0.29) is 10.9 Å². The summed E-state index contributed by atoms with van der Waals surface area (Å²) in [7, 11) is 0. The molecule has 4 nitrogen and oxygen atoms in total. The molecule has 0 N–H and O–H groups in total. The first kappa shape index (κ1) is 29.9. The van der Waals surface area contributed by atoms with Gasteiger partial charge in [0.1, 0.15) is 11.5 Å². The average Bonchev–Trinajstić information content (AvgIpc) is 2.90. The SMILES string of the molecule is CCCCCCCCCCCOc1ccc(C(=O)Sc2ccc(OC(=O)C(F)C(C)CC)cc2)cc1. The second-order valence-corrected chi connectivity index (χ2v) is 10.3. The number of alkyl halides is 1. The molecule has 0 aliphatic rings. The predicted molar refractivity (Wildman–Crippen MR) is 146 cm³/mol. The van der Waals surface area contributed by atoms with E-state index in [2.05, 4.69) is 6.92 Å². The lowest BCUT2D eigenvalue weighted by Crippen LogP contribution is -2.27. The van der Waals surface area contributed by atoms with E-state index in [1.807, 2.05) is 19.1 Å². The molecule has 0 spiro atoms. The van der Waals surface area contributed by atoms with Crippen LogP contribution in [0.15, 0.2) is 53.4 Å². The van der Waals surface area contributed by atoms with Crippen molar-refractivity contribution in [3.05, 3.63) is 54.1 Å². The largest absolute Gasteiger partial charge is 0.494 e. The molecule has 0 aliphatic heterocycles. The normalized spacial score (nSPS) is 12.7. The summed E-state index contributed by atoms with van der Waals surface area (Å²) >= 11 is 1.09. The van der Waals surface area contributed by atoms with Gasteiger partial charge in [-0.25, -0.2) is 9.18 Å². The van der Waals surface area contributed by atoms with E-state index in [4.69, 9.17) is 9.47 Å². The number of unbranched alkanes of at least 4 members (excludes halogenated alkanes) is 8. The molecular weight excluding hydrogens is 475 g/mol. The maximum atomic E-state index is 14.0. The standard InChI is InChI=1S/C30H41FO4S/c1-4-6-7-8-9-10-11-12-13-22-34-25-16-14-24(15-17-25)30(33)36-27-20-18-26(19-21-27)35-29(32)28(31)23(3)5-2/h14-21,23,28H,4-13,22H2,1-3H3. The highest BCUT2D eigenvalue weighted by Crippen LogP contribution is 2.26. The highest BCUT2D eigenvalue weighted by Gasteiger charge is 2.25. The maximum absolute atomic E-state index is 14.0. The van der Waals surface area contributed by atoms with Gasteiger partial charge < -0.3 is 9.47 Å². The molecule has 36 heavy (non-hydrogen) atoms. The molecule has 198 valence electrons. The number of hydrogen-bond donors (Lipinski definition) is 0. The van der Waals surface area contributed by atoms with E-state index in [1.54, 1.807) is 43.3 Å². The molecule has 0 fully saturated rings. The molecule has 0 radical (unpaired) electrons. The van der Waals surface area contributed by atoms with Crippen LogP contribution in [0.2, 0.25) is 0 Å². The van der Waals surface area contributed by atoms with E-state index in [9.17, 15) is 14.0 Å². The van der Waals surface area contributed by atoms with Crippen LogP contribution in [0.1, 0.15) is 95.3 Å². The van der Waals surface area contributed by atoms with Gasteiger partial charge in [0.2, 0.25) is 5.12 Å². The smallest absolute Gasteiger partial charge is 0.346 e. The van der Waals surface area contributed by atoms with Crippen molar-refractivity contribution >= 4 is 22.8 Å². The Labute approximate surface area is 220 Å². The molecule has 2 aromatic rings. The first-order chi connectivity index (χ1) is 17.4. The summed E-state index contributed by atoms with van der Waals surface area (Å²) in [6.07, 6.45) is 10.4. The second-order valence-electron chi connectivity index (χ2n) is 9.27. The summed E-state index contributed by atoms with van der Waals surface area (Å²) in [6.45, 7) is 6.43. The van der Waals surface area contributed by atoms with Crippen LogP contribution in [0.3, 0.4) is 0 Å². The number of carbonyl (C=O) groups is 2. The van der Waals surface area contributed by atoms with Crippen LogP contribution in [0.4, 0.5) is 4.39 Å². The van der Waals surface area contributed by atoms with Crippen LogP contribution in [0.5, 0.6) is 11.5 Å². The minimum atomic E-state index is -1.65. The highest BCUT2D eigenvalue weighted by atomic mass is 32.2. The van der Waals surface area contributed by atoms with Gasteiger partial charge in [-0.05, 0) is 72.6 Å². The molecule has 0 aliphatic carbocycles. The van der Waals surface area contributed by atoms with Gasteiger partial charge in [0.15, 0.2) is 6.17 Å². The summed E-state index contributed by atoms with van der Waals surface area (Å²) in [5, 5.41) is -0.0918. The minimum absolute atomic E-state index is 0.0918. The van der Waals surface area contributed by atoms with Crippen molar-refractivity contribution < 1.29 is 23.5 Å². The number of thioether (sulfide) groups is 1. The van der Waals surface area contributed by atoms with Crippen molar-refractivity contribution in [2.24, 2.45) is 5.92 Å². The van der Waals surface area contributed by atoms with E-state index < -0.39 is 18.1 Å². The van der Waals surface area contributed by atoms with E-state index in [0.717, 1.165) is 23.9 Å². The van der Waals surface area contributed by atoms with Crippen LogP contribution >= 0.6 is 11.8 Å². The fourth-order valence-corrected chi connectivity index (χ4v) is 4.38. The number of carbonyl (C=O) groups excluding carboxylic acids is 2. The average molecular weight is 517 g/mol. The molecule has 0 saturated carbocycles. The van der Waals surface area contributed by atoms with Crippen LogP contribution in [-0.4, -0.2) is 23.9 Å². The Morgan fingerprint density at radius 3 is 1.94 bits per heavy atom. The molecule has 0 aromatic heterocycles. The summed E-state index contributed by atoms with van der Waals surface area (Å²) in [5.74, 6) is -0.250. The van der Waals surface area contributed by atoms with Crippen LogP contribution in [-0.2, 0) is 4.79 Å². The maximum Gasteiger partial charge on any atom is 0.346 e. The molecular formula is C30H41FO4S. The van der Waals surface area contributed by atoms with Crippen LogP contribution in [0, 0.1) is 5.92 Å². The van der Waals surface area contributed by atoms with Crippen molar-refractivity contribution in [3.8, 4) is 11.5 Å². The van der Waals surface area contributed by atoms with E-state index in [0.29, 0.717) is 23.5 Å². The second kappa shape index (κ2) is 17.2. The summed E-state index contributed by atoms with van der Waals surface area (Å²) in [4.78, 5) is 25.2. The Morgan fingerprint density at radius 2 is 1.36 bits per heavy atom. The zero-order valence-corrected chi connectivity index (χ0v) is 22.8. The monoisotopic (exact) mass is 516 g/mol. The van der Waals surface area contributed by atoms with Crippen molar-refractivity contribution in [1.29, 1.82) is 0 Å². The molecule has 2 rings (SSSR count). The number of hydrogen-bond acceptors (Lipinski definition) is 5. The van der Waals surface area contributed by atoms with Crippen molar-refractivity contribution in [3.63, 3.8) is 0 Å². The van der Waals surface area contributed by atoms with Crippen molar-refractivity contribution in [1.82, 2.24) is 0 Å². The zero-order chi connectivity index (χ0) is 26.2. The molecule has 0 saturated heterocycles. The number of benzene rings is 2. The summed E-state index contributed by atoms with van der Waals surface area (Å²) < 4.78 is 24.9. The third kappa shape index (κ3) is 11.2. The Bertz CT molecular complexity index is 898. The lowest BCUT2D eigenvalue weighted by molar-refractivity contribution is -0.141. The Kier molecular flexibility index (Phi) is 14.3. The van der Waals surface area contributed by atoms with Gasteiger partial charge >= 0.3 is 5.97 Å². The number of halogens is 1. The number of rotatable bonds is 17. The third-order valence-electron chi connectivity index (χ3n) is 6.23. The van der Waals surface area contributed by atoms with Gasteiger partial charge in [0.25, 0.3) is 0 Å². The molecule has 2 aromatic carbocycles. The molecule has 0 heterocycles. The third-order valence-corrected chi connectivity index (χ3v) is 7.16. The molecule has 6 heteroatoms. The van der Waals surface area contributed by atoms with Gasteiger partial charge in [-0.1, -0.05) is 78.6 Å². The van der Waals surface area contributed by atoms with Gasteiger partial charge in [-0.15, -0.1) is 0 Å². The van der Waals surface area contributed by atoms with E-state index >= 15 is 0 Å². The minimum Gasteiger partial charge on any atom is -0.494 e. The number of esters is 1. The quantitative estimate of drug-likeness (QED) is 0.0910. The number of ether oxygens (including phenoxy) is 2. The topological polar surface area (TPSA) is 52.6 Å². The van der Waals surface area contributed by atoms with Crippen LogP contribution in [0.25, 0.3) is 0 Å². The Balaban J connectivity index is 1.69. The first-order valence-corrected chi connectivity index (χ1v) is 14.2. The van der Waals surface area contributed by atoms with E-state index in [1.165, 1.54) is 51.4 Å². The van der Waals surface area contributed by atoms with Gasteiger partial charge in [-0.3, -0.25) is 4.79 Å². The van der Waals surface area contributed by atoms with Gasteiger partial charge in [-0.2, -0.15) is 0 Å². The predicted octanol–water partition coefficient (Wildman–Crippen LogP) is 8.82. The Hall–Kier alpha value is -2.34. The molecule has 2 unspecified atom stereocenters. The molecule has 0 amide bonds. The summed E-state index contributed by atoms with van der Waals surface area (Å²) in [6, 6.07) is 13.7. The Morgan fingerprint density at radius 1 is 0.806 bits per heavy atom. The first-order valence-electron chi connectivity index (χ1n) is 13.4. The summed E-state index contributed by atoms with van der Waals surface area (Å²) in [5.41, 5.74) is 0.583. The molecule has 2 atom stereocenters. The lowest BCUT2D eigenvalue weighted by atomic mass is 10.0.